The molecule has 0 saturated carbocycles. The van der Waals surface area contributed by atoms with E-state index in [-0.39, 0.29) is 5.54 Å². The molecule has 0 amide bonds. The molecule has 10 heavy (non-hydrogen) atoms. The Morgan fingerprint density at radius 1 is 1.40 bits per heavy atom. The van der Waals surface area contributed by atoms with Crippen molar-refractivity contribution < 1.29 is 4.68 Å². The highest BCUT2D eigenvalue weighted by Crippen LogP contribution is 2.08. The second-order valence-electron chi connectivity index (χ2n) is 3.48. The van der Waals surface area contributed by atoms with E-state index in [0.717, 1.165) is 0 Å². The lowest BCUT2D eigenvalue weighted by atomic mass is 10.1. The Labute approximate surface area is 61.3 Å². The molecule has 56 valence electrons. The number of hydrogen-bond donors (Lipinski definition) is 0. The minimum absolute atomic E-state index is 0.0985. The molecule has 0 bridgehead atoms. The van der Waals surface area contributed by atoms with Crippen molar-refractivity contribution in [3.05, 3.63) is 12.4 Å². The largest absolute Gasteiger partial charge is 0.155 e. The molecule has 1 rings (SSSR count). The van der Waals surface area contributed by atoms with Gasteiger partial charge in [0.1, 0.15) is 12.6 Å². The van der Waals surface area contributed by atoms with Gasteiger partial charge in [0.15, 0.2) is 12.4 Å². The molecule has 0 radical (unpaired) electrons. The summed E-state index contributed by atoms with van der Waals surface area (Å²) in [7, 11) is 1.92. The third-order valence-electron chi connectivity index (χ3n) is 1.35. The first kappa shape index (κ1) is 7.25. The predicted molar refractivity (Wildman–Crippen MR) is 38.4 cm³/mol. The molecule has 3 heteroatoms. The molecule has 3 nitrogen and oxygen atoms in total. The first-order chi connectivity index (χ1) is 4.50. The first-order valence-electron chi connectivity index (χ1n) is 3.42. The molecule has 0 spiro atoms. The summed E-state index contributed by atoms with van der Waals surface area (Å²) in [5, 5.41) is 4.22. The SMILES string of the molecule is C[n+]1ccn(C(C)(C)C)n1. The van der Waals surface area contributed by atoms with Gasteiger partial charge < -0.3 is 0 Å². The summed E-state index contributed by atoms with van der Waals surface area (Å²) in [6, 6.07) is 0. The number of nitrogens with zero attached hydrogens (tertiary/aromatic N) is 3. The van der Waals surface area contributed by atoms with Gasteiger partial charge in [0.05, 0.1) is 5.21 Å². The van der Waals surface area contributed by atoms with Gasteiger partial charge in [0.2, 0.25) is 0 Å². The Hall–Kier alpha value is -0.860. The fourth-order valence-electron chi connectivity index (χ4n) is 0.729. The molecular weight excluding hydrogens is 126 g/mol. The van der Waals surface area contributed by atoms with Crippen LogP contribution in [0.3, 0.4) is 0 Å². The third kappa shape index (κ3) is 1.35. The highest BCUT2D eigenvalue weighted by molar-refractivity contribution is 4.71. The van der Waals surface area contributed by atoms with E-state index in [1.807, 2.05) is 24.1 Å². The Morgan fingerprint density at radius 2 is 2.00 bits per heavy atom. The minimum atomic E-state index is 0.0985. The van der Waals surface area contributed by atoms with E-state index < -0.39 is 0 Å². The first-order valence-corrected chi connectivity index (χ1v) is 3.42. The van der Waals surface area contributed by atoms with Crippen molar-refractivity contribution in [3.8, 4) is 0 Å². The van der Waals surface area contributed by atoms with E-state index in [1.54, 1.807) is 4.68 Å². The zero-order chi connectivity index (χ0) is 7.78. The Kier molecular flexibility index (Phi) is 1.50. The van der Waals surface area contributed by atoms with Crippen molar-refractivity contribution in [1.82, 2.24) is 9.90 Å². The number of hydrogen-bond acceptors (Lipinski definition) is 1. The molecule has 0 fully saturated rings. The third-order valence-corrected chi connectivity index (χ3v) is 1.35. The summed E-state index contributed by atoms with van der Waals surface area (Å²) in [5.41, 5.74) is 0.0985. The van der Waals surface area contributed by atoms with Gasteiger partial charge in [-0.25, -0.2) is 0 Å². The molecule has 0 aliphatic rings. The van der Waals surface area contributed by atoms with E-state index in [1.165, 1.54) is 0 Å². The van der Waals surface area contributed by atoms with Gasteiger partial charge in [-0.1, -0.05) is 0 Å². The van der Waals surface area contributed by atoms with Crippen LogP contribution in [0, 0.1) is 0 Å². The monoisotopic (exact) mass is 140 g/mol. The predicted octanol–water partition coefficient (Wildman–Crippen LogP) is 0.463. The average molecular weight is 140 g/mol. The smallest absolute Gasteiger partial charge is 0.141 e. The van der Waals surface area contributed by atoms with Crippen LogP contribution in [0.1, 0.15) is 20.8 Å². The summed E-state index contributed by atoms with van der Waals surface area (Å²) in [6.07, 6.45) is 3.91. The lowest BCUT2D eigenvalue weighted by Crippen LogP contribution is -2.34. The second kappa shape index (κ2) is 2.08. The standard InChI is InChI=1S/C7H14N3/c1-7(2,3)10-6-5-9(4)8-10/h5-6H,1-4H3/q+1. The minimum Gasteiger partial charge on any atom is -0.141 e. The highest BCUT2D eigenvalue weighted by atomic mass is 15.5. The summed E-state index contributed by atoms with van der Waals surface area (Å²) in [4.78, 5) is 0. The lowest BCUT2D eigenvalue weighted by molar-refractivity contribution is -0.732. The number of aromatic nitrogens is 3. The summed E-state index contributed by atoms with van der Waals surface area (Å²) in [6.45, 7) is 6.38. The van der Waals surface area contributed by atoms with Gasteiger partial charge in [0.25, 0.3) is 0 Å². The van der Waals surface area contributed by atoms with Gasteiger partial charge >= 0.3 is 0 Å². The second-order valence-corrected chi connectivity index (χ2v) is 3.48. The molecule has 0 saturated heterocycles. The summed E-state index contributed by atoms with van der Waals surface area (Å²) in [5.74, 6) is 0. The fourth-order valence-corrected chi connectivity index (χ4v) is 0.729. The molecule has 1 aromatic heterocycles. The number of aryl methyl sites for hydroxylation is 1. The average Bonchev–Trinajstić information content (AvgIpc) is 2.11. The topological polar surface area (TPSA) is 21.7 Å². The molecule has 1 aromatic rings. The van der Waals surface area contributed by atoms with Crippen LogP contribution in [-0.4, -0.2) is 9.90 Å². The Bertz CT molecular complexity index is 219. The quantitative estimate of drug-likeness (QED) is 0.480. The maximum atomic E-state index is 4.22. The van der Waals surface area contributed by atoms with Crippen LogP contribution < -0.4 is 4.68 Å². The van der Waals surface area contributed by atoms with Crippen LogP contribution in [0.25, 0.3) is 0 Å². The van der Waals surface area contributed by atoms with Gasteiger partial charge in [-0.05, 0) is 20.8 Å². The maximum Gasteiger partial charge on any atom is 0.155 e. The number of rotatable bonds is 0. The van der Waals surface area contributed by atoms with Crippen molar-refractivity contribution in [2.75, 3.05) is 0 Å². The van der Waals surface area contributed by atoms with Crippen LogP contribution in [0.4, 0.5) is 0 Å². The maximum absolute atomic E-state index is 4.22. The zero-order valence-electron chi connectivity index (χ0n) is 7.00. The molecule has 0 unspecified atom stereocenters. The highest BCUT2D eigenvalue weighted by Gasteiger charge is 2.19. The van der Waals surface area contributed by atoms with Crippen LogP contribution in [0.5, 0.6) is 0 Å². The van der Waals surface area contributed by atoms with Gasteiger partial charge in [-0.3, -0.25) is 0 Å². The van der Waals surface area contributed by atoms with Gasteiger partial charge in [-0.15, -0.1) is 9.36 Å². The van der Waals surface area contributed by atoms with E-state index in [0.29, 0.717) is 0 Å². The van der Waals surface area contributed by atoms with Crippen LogP contribution in [0.15, 0.2) is 12.4 Å². The van der Waals surface area contributed by atoms with E-state index in [9.17, 15) is 0 Å². The normalized spacial score (nSPS) is 12.0. The van der Waals surface area contributed by atoms with Crippen molar-refractivity contribution in [2.45, 2.75) is 26.3 Å². The summed E-state index contributed by atoms with van der Waals surface area (Å²) < 4.78 is 3.73. The molecule has 0 aliphatic heterocycles. The van der Waals surface area contributed by atoms with E-state index >= 15 is 0 Å². The molecule has 1 heterocycles. The Morgan fingerprint density at radius 3 is 2.20 bits per heavy atom. The molecule has 0 N–H and O–H groups in total. The Balaban J connectivity index is 2.96. The van der Waals surface area contributed by atoms with Crippen molar-refractivity contribution in [2.24, 2.45) is 7.05 Å². The molecule has 0 atom stereocenters. The zero-order valence-corrected chi connectivity index (χ0v) is 7.00. The van der Waals surface area contributed by atoms with Crippen molar-refractivity contribution in [3.63, 3.8) is 0 Å². The molecule has 0 aromatic carbocycles. The molecular formula is C7H14N3+. The van der Waals surface area contributed by atoms with E-state index in [4.69, 9.17) is 0 Å². The van der Waals surface area contributed by atoms with Crippen LogP contribution >= 0.6 is 0 Å². The van der Waals surface area contributed by atoms with Crippen molar-refractivity contribution >= 4 is 0 Å². The molecule has 0 aliphatic carbocycles. The van der Waals surface area contributed by atoms with Crippen LogP contribution in [-0.2, 0) is 12.6 Å². The van der Waals surface area contributed by atoms with Crippen molar-refractivity contribution in [1.29, 1.82) is 0 Å². The van der Waals surface area contributed by atoms with Gasteiger partial charge in [0, 0.05) is 0 Å². The van der Waals surface area contributed by atoms with Gasteiger partial charge in [-0.2, -0.15) is 0 Å². The summed E-state index contributed by atoms with van der Waals surface area (Å²) >= 11 is 0. The lowest BCUT2D eigenvalue weighted by Gasteiger charge is -2.10. The fraction of sp³-hybridized carbons (Fsp3) is 0.714. The van der Waals surface area contributed by atoms with Crippen LogP contribution in [0.2, 0.25) is 0 Å². The van der Waals surface area contributed by atoms with E-state index in [2.05, 4.69) is 26.0 Å².